The third-order valence-electron chi connectivity index (χ3n) is 2.66. The third-order valence-corrected chi connectivity index (χ3v) is 2.66. The molecular formula is C13H21NO. The highest BCUT2D eigenvalue weighted by molar-refractivity contribution is 5.55. The summed E-state index contributed by atoms with van der Waals surface area (Å²) in [7, 11) is 0. The molecule has 1 aromatic carbocycles. The molecule has 0 spiro atoms. The summed E-state index contributed by atoms with van der Waals surface area (Å²) in [5.41, 5.74) is 2.15. The fraction of sp³-hybridized carbons (Fsp3) is 0.538. The predicted molar refractivity (Wildman–Crippen MR) is 65.2 cm³/mol. The summed E-state index contributed by atoms with van der Waals surface area (Å²) >= 11 is 0. The Bertz CT molecular complexity index is 307. The van der Waals surface area contributed by atoms with E-state index in [0.717, 1.165) is 17.8 Å². The minimum absolute atomic E-state index is 0.408. The molecule has 0 bridgehead atoms. The van der Waals surface area contributed by atoms with Gasteiger partial charge in [0.15, 0.2) is 0 Å². The Morgan fingerprint density at radius 2 is 1.80 bits per heavy atom. The van der Waals surface area contributed by atoms with E-state index < -0.39 is 6.10 Å². The van der Waals surface area contributed by atoms with Crippen molar-refractivity contribution in [2.45, 2.75) is 39.8 Å². The van der Waals surface area contributed by atoms with E-state index in [0.29, 0.717) is 6.04 Å². The standard InChI is InChI=1S/C13H21NO/c1-5-14(10(2)3)13-9-7-6-8-12(13)11(4)15/h6-11,15H,5H2,1-4H3/t11-/m0/s1. The van der Waals surface area contributed by atoms with Gasteiger partial charge in [0, 0.05) is 23.8 Å². The first-order valence-electron chi connectivity index (χ1n) is 5.61. The second kappa shape index (κ2) is 5.17. The number of benzene rings is 1. The average molecular weight is 207 g/mol. The molecule has 0 saturated carbocycles. The first-order valence-corrected chi connectivity index (χ1v) is 5.61. The minimum atomic E-state index is -0.408. The lowest BCUT2D eigenvalue weighted by molar-refractivity contribution is 0.199. The summed E-state index contributed by atoms with van der Waals surface area (Å²) in [6.45, 7) is 9.25. The van der Waals surface area contributed by atoms with Crippen molar-refractivity contribution in [3.63, 3.8) is 0 Å². The summed E-state index contributed by atoms with van der Waals surface area (Å²) in [6, 6.07) is 8.51. The van der Waals surface area contributed by atoms with Gasteiger partial charge in [0.25, 0.3) is 0 Å². The molecule has 0 heterocycles. The highest BCUT2D eigenvalue weighted by atomic mass is 16.3. The van der Waals surface area contributed by atoms with Crippen LogP contribution in [0.15, 0.2) is 24.3 Å². The summed E-state index contributed by atoms with van der Waals surface area (Å²) in [5, 5.41) is 9.70. The first-order chi connectivity index (χ1) is 7.07. The normalized spacial score (nSPS) is 12.9. The fourth-order valence-corrected chi connectivity index (χ4v) is 1.92. The second-order valence-corrected chi connectivity index (χ2v) is 4.11. The van der Waals surface area contributed by atoms with E-state index in [2.05, 4.69) is 31.7 Å². The SMILES string of the molecule is CCN(c1ccccc1[C@H](C)O)C(C)C. The number of anilines is 1. The number of aliphatic hydroxyl groups excluding tert-OH is 1. The van der Waals surface area contributed by atoms with E-state index in [1.165, 1.54) is 0 Å². The largest absolute Gasteiger partial charge is 0.389 e. The molecular weight excluding hydrogens is 186 g/mol. The van der Waals surface area contributed by atoms with Gasteiger partial charge in [-0.3, -0.25) is 0 Å². The number of rotatable bonds is 4. The van der Waals surface area contributed by atoms with Crippen molar-refractivity contribution in [2.75, 3.05) is 11.4 Å². The quantitative estimate of drug-likeness (QED) is 0.820. The monoisotopic (exact) mass is 207 g/mol. The highest BCUT2D eigenvalue weighted by Gasteiger charge is 2.14. The summed E-state index contributed by atoms with van der Waals surface area (Å²) in [6.07, 6.45) is -0.408. The summed E-state index contributed by atoms with van der Waals surface area (Å²) < 4.78 is 0. The number of hydrogen-bond acceptors (Lipinski definition) is 2. The van der Waals surface area contributed by atoms with E-state index in [-0.39, 0.29) is 0 Å². The van der Waals surface area contributed by atoms with Crippen molar-refractivity contribution in [2.24, 2.45) is 0 Å². The highest BCUT2D eigenvalue weighted by Crippen LogP contribution is 2.27. The Kier molecular flexibility index (Phi) is 4.15. The maximum Gasteiger partial charge on any atom is 0.0781 e. The zero-order chi connectivity index (χ0) is 11.4. The molecule has 0 aliphatic carbocycles. The van der Waals surface area contributed by atoms with Crippen LogP contribution in [-0.4, -0.2) is 17.7 Å². The van der Waals surface area contributed by atoms with Gasteiger partial charge in [-0.25, -0.2) is 0 Å². The molecule has 1 aromatic rings. The fourth-order valence-electron chi connectivity index (χ4n) is 1.92. The van der Waals surface area contributed by atoms with Gasteiger partial charge >= 0.3 is 0 Å². The van der Waals surface area contributed by atoms with Crippen LogP contribution in [-0.2, 0) is 0 Å². The van der Waals surface area contributed by atoms with Crippen molar-refractivity contribution in [1.29, 1.82) is 0 Å². The lowest BCUT2D eigenvalue weighted by Crippen LogP contribution is -2.31. The maximum absolute atomic E-state index is 9.70. The molecule has 1 N–H and O–H groups in total. The van der Waals surface area contributed by atoms with Gasteiger partial charge in [-0.2, -0.15) is 0 Å². The van der Waals surface area contributed by atoms with Crippen LogP contribution in [0.3, 0.4) is 0 Å². The van der Waals surface area contributed by atoms with E-state index in [9.17, 15) is 5.11 Å². The summed E-state index contributed by atoms with van der Waals surface area (Å²) in [5.74, 6) is 0. The molecule has 2 nitrogen and oxygen atoms in total. The van der Waals surface area contributed by atoms with Gasteiger partial charge in [-0.15, -0.1) is 0 Å². The van der Waals surface area contributed by atoms with E-state index in [1.807, 2.05) is 25.1 Å². The zero-order valence-corrected chi connectivity index (χ0v) is 10.1. The molecule has 0 aliphatic heterocycles. The van der Waals surface area contributed by atoms with Crippen molar-refractivity contribution in [3.8, 4) is 0 Å². The van der Waals surface area contributed by atoms with Crippen LogP contribution in [0.2, 0.25) is 0 Å². The number of hydrogen-bond donors (Lipinski definition) is 1. The summed E-state index contributed by atoms with van der Waals surface area (Å²) in [4.78, 5) is 2.29. The van der Waals surface area contributed by atoms with E-state index >= 15 is 0 Å². The molecule has 0 fully saturated rings. The third kappa shape index (κ3) is 2.72. The smallest absolute Gasteiger partial charge is 0.0781 e. The van der Waals surface area contributed by atoms with Crippen LogP contribution >= 0.6 is 0 Å². The molecule has 15 heavy (non-hydrogen) atoms. The Hall–Kier alpha value is -1.02. The molecule has 84 valence electrons. The molecule has 0 unspecified atom stereocenters. The van der Waals surface area contributed by atoms with Crippen LogP contribution in [0, 0.1) is 0 Å². The molecule has 0 aromatic heterocycles. The molecule has 1 rings (SSSR count). The van der Waals surface area contributed by atoms with Crippen LogP contribution in [0.1, 0.15) is 39.4 Å². The Morgan fingerprint density at radius 3 is 2.27 bits per heavy atom. The van der Waals surface area contributed by atoms with Crippen LogP contribution in [0.25, 0.3) is 0 Å². The minimum Gasteiger partial charge on any atom is -0.389 e. The van der Waals surface area contributed by atoms with Gasteiger partial charge in [0.1, 0.15) is 0 Å². The molecule has 0 saturated heterocycles. The average Bonchev–Trinajstić information content (AvgIpc) is 2.18. The first kappa shape index (κ1) is 12.1. The van der Waals surface area contributed by atoms with Gasteiger partial charge in [0.05, 0.1) is 6.10 Å². The molecule has 0 aliphatic rings. The van der Waals surface area contributed by atoms with Crippen molar-refractivity contribution in [1.82, 2.24) is 0 Å². The van der Waals surface area contributed by atoms with Crippen molar-refractivity contribution < 1.29 is 5.11 Å². The van der Waals surface area contributed by atoms with Gasteiger partial charge in [-0.05, 0) is 33.8 Å². The predicted octanol–water partition coefficient (Wildman–Crippen LogP) is 2.97. The van der Waals surface area contributed by atoms with Gasteiger partial charge in [-0.1, -0.05) is 18.2 Å². The molecule has 0 amide bonds. The number of para-hydroxylation sites is 1. The van der Waals surface area contributed by atoms with Crippen LogP contribution in [0.5, 0.6) is 0 Å². The molecule has 0 radical (unpaired) electrons. The van der Waals surface area contributed by atoms with Crippen LogP contribution in [0.4, 0.5) is 5.69 Å². The number of nitrogens with zero attached hydrogens (tertiary/aromatic N) is 1. The second-order valence-electron chi connectivity index (χ2n) is 4.11. The lowest BCUT2D eigenvalue weighted by atomic mass is 10.1. The lowest BCUT2D eigenvalue weighted by Gasteiger charge is -2.30. The molecule has 2 heteroatoms. The topological polar surface area (TPSA) is 23.5 Å². The molecule has 1 atom stereocenters. The van der Waals surface area contributed by atoms with Crippen molar-refractivity contribution >= 4 is 5.69 Å². The van der Waals surface area contributed by atoms with Crippen molar-refractivity contribution in [3.05, 3.63) is 29.8 Å². The van der Waals surface area contributed by atoms with E-state index in [4.69, 9.17) is 0 Å². The Balaban J connectivity index is 3.11. The zero-order valence-electron chi connectivity index (χ0n) is 10.1. The van der Waals surface area contributed by atoms with Crippen LogP contribution < -0.4 is 4.90 Å². The van der Waals surface area contributed by atoms with Gasteiger partial charge < -0.3 is 10.0 Å². The Morgan fingerprint density at radius 1 is 1.20 bits per heavy atom. The maximum atomic E-state index is 9.70. The van der Waals surface area contributed by atoms with Gasteiger partial charge in [0.2, 0.25) is 0 Å². The van der Waals surface area contributed by atoms with E-state index in [1.54, 1.807) is 0 Å². The Labute approximate surface area is 92.5 Å². The number of aliphatic hydroxyl groups is 1.